The molecule has 1 aromatic carbocycles. The van der Waals surface area contributed by atoms with Crippen molar-refractivity contribution < 1.29 is 4.52 Å². The van der Waals surface area contributed by atoms with Gasteiger partial charge in [-0.15, -0.1) is 12.4 Å². The topological polar surface area (TPSA) is 51.0 Å². The summed E-state index contributed by atoms with van der Waals surface area (Å²) in [5, 5.41) is 7.16. The number of nitrogens with one attached hydrogen (secondary N) is 1. The van der Waals surface area contributed by atoms with Crippen molar-refractivity contribution in [3.8, 4) is 0 Å². The van der Waals surface area contributed by atoms with E-state index in [2.05, 4.69) is 50.4 Å². The Balaban J connectivity index is 0.00000200. The first kappa shape index (κ1) is 17.1. The third-order valence-electron chi connectivity index (χ3n) is 3.03. The maximum Gasteiger partial charge on any atom is 0.226 e. The lowest BCUT2D eigenvalue weighted by molar-refractivity contribution is 0.371. The zero-order chi connectivity index (χ0) is 13.7. The summed E-state index contributed by atoms with van der Waals surface area (Å²) in [5.41, 5.74) is 1.27. The van der Waals surface area contributed by atoms with Gasteiger partial charge in [0.25, 0.3) is 0 Å². The summed E-state index contributed by atoms with van der Waals surface area (Å²) in [6, 6.07) is 8.65. The van der Waals surface area contributed by atoms with Gasteiger partial charge >= 0.3 is 0 Å². The molecular formula is C14H19BrClN3O. The average molecular weight is 361 g/mol. The summed E-state index contributed by atoms with van der Waals surface area (Å²) >= 11 is 3.43. The Morgan fingerprint density at radius 2 is 1.95 bits per heavy atom. The van der Waals surface area contributed by atoms with E-state index in [0.29, 0.717) is 11.9 Å². The normalized spacial score (nSPS) is 11.9. The Morgan fingerprint density at radius 3 is 2.60 bits per heavy atom. The van der Waals surface area contributed by atoms with Gasteiger partial charge in [-0.25, -0.2) is 0 Å². The molecule has 110 valence electrons. The lowest BCUT2D eigenvalue weighted by atomic mass is 10.1. The zero-order valence-corrected chi connectivity index (χ0v) is 14.0. The molecule has 0 fully saturated rings. The van der Waals surface area contributed by atoms with Crippen LogP contribution in [-0.2, 0) is 19.3 Å². The van der Waals surface area contributed by atoms with Crippen LogP contribution in [0.25, 0.3) is 0 Å². The number of hydrogen-bond donors (Lipinski definition) is 1. The number of aryl methyl sites for hydroxylation is 2. The van der Waals surface area contributed by atoms with E-state index in [-0.39, 0.29) is 12.4 Å². The summed E-state index contributed by atoms with van der Waals surface area (Å²) in [7, 11) is 1.93. The van der Waals surface area contributed by atoms with Crippen molar-refractivity contribution >= 4 is 28.3 Å². The third-order valence-corrected chi connectivity index (χ3v) is 3.56. The number of likely N-dealkylation sites (N-methyl/N-ethyl adjacent to an activating group) is 1. The number of halogens is 2. The molecule has 2 rings (SSSR count). The smallest absolute Gasteiger partial charge is 0.226 e. The summed E-state index contributed by atoms with van der Waals surface area (Å²) in [4.78, 5) is 4.40. The van der Waals surface area contributed by atoms with E-state index in [1.807, 2.05) is 19.2 Å². The molecule has 0 aliphatic rings. The molecule has 0 saturated heterocycles. The molecule has 0 aliphatic heterocycles. The van der Waals surface area contributed by atoms with Crippen LogP contribution in [-0.4, -0.2) is 23.2 Å². The highest BCUT2D eigenvalue weighted by atomic mass is 79.9. The van der Waals surface area contributed by atoms with Gasteiger partial charge in [0, 0.05) is 23.4 Å². The van der Waals surface area contributed by atoms with E-state index in [0.717, 1.165) is 29.6 Å². The van der Waals surface area contributed by atoms with E-state index >= 15 is 0 Å². The molecular weight excluding hydrogens is 342 g/mol. The second kappa shape index (κ2) is 8.39. The van der Waals surface area contributed by atoms with Gasteiger partial charge in [0.2, 0.25) is 5.89 Å². The van der Waals surface area contributed by atoms with E-state index in [1.54, 1.807) is 0 Å². The minimum atomic E-state index is 0. The molecule has 1 heterocycles. The first-order chi connectivity index (χ1) is 9.17. The molecule has 20 heavy (non-hydrogen) atoms. The third kappa shape index (κ3) is 5.23. The Morgan fingerprint density at radius 1 is 1.25 bits per heavy atom. The Labute approximate surface area is 133 Å². The molecule has 4 nitrogen and oxygen atoms in total. The second-order valence-electron chi connectivity index (χ2n) is 4.62. The van der Waals surface area contributed by atoms with Gasteiger partial charge in [-0.3, -0.25) is 0 Å². The maximum absolute atomic E-state index is 5.26. The summed E-state index contributed by atoms with van der Waals surface area (Å²) in [6.07, 6.45) is 2.48. The molecule has 0 saturated carbocycles. The first-order valence-electron chi connectivity index (χ1n) is 6.40. The van der Waals surface area contributed by atoms with Crippen molar-refractivity contribution in [2.75, 3.05) is 7.05 Å². The van der Waals surface area contributed by atoms with Crippen molar-refractivity contribution in [2.24, 2.45) is 0 Å². The molecule has 1 atom stereocenters. The molecule has 6 heteroatoms. The molecule has 1 aromatic heterocycles. The van der Waals surface area contributed by atoms with Crippen molar-refractivity contribution in [1.29, 1.82) is 0 Å². The lowest BCUT2D eigenvalue weighted by Gasteiger charge is -2.04. The number of aromatic nitrogens is 2. The lowest BCUT2D eigenvalue weighted by Crippen LogP contribution is -2.24. The van der Waals surface area contributed by atoms with Crippen LogP contribution in [0.2, 0.25) is 0 Å². The van der Waals surface area contributed by atoms with Crippen molar-refractivity contribution in [2.45, 2.75) is 32.2 Å². The number of nitrogens with zero attached hydrogens (tertiary/aromatic N) is 2. The van der Waals surface area contributed by atoms with Gasteiger partial charge in [0.15, 0.2) is 5.82 Å². The molecule has 0 radical (unpaired) electrons. The predicted octanol–water partition coefficient (Wildman–Crippen LogP) is 3.19. The molecule has 0 bridgehead atoms. The minimum absolute atomic E-state index is 0. The quantitative estimate of drug-likeness (QED) is 0.859. The van der Waals surface area contributed by atoms with Gasteiger partial charge < -0.3 is 9.84 Å². The highest BCUT2D eigenvalue weighted by molar-refractivity contribution is 9.10. The summed E-state index contributed by atoms with van der Waals surface area (Å²) in [6.45, 7) is 2.10. The van der Waals surface area contributed by atoms with Crippen LogP contribution in [0.3, 0.4) is 0 Å². The van der Waals surface area contributed by atoms with Gasteiger partial charge in [0.05, 0.1) is 0 Å². The fourth-order valence-corrected chi connectivity index (χ4v) is 2.02. The van der Waals surface area contributed by atoms with Crippen LogP contribution in [0.15, 0.2) is 33.3 Å². The molecule has 2 aromatic rings. The van der Waals surface area contributed by atoms with Gasteiger partial charge in [0.1, 0.15) is 0 Å². The van der Waals surface area contributed by atoms with Crippen molar-refractivity contribution in [1.82, 2.24) is 15.5 Å². The fraction of sp³-hybridized carbons (Fsp3) is 0.429. The number of benzene rings is 1. The number of hydrogen-bond acceptors (Lipinski definition) is 4. The first-order valence-corrected chi connectivity index (χ1v) is 7.20. The highest BCUT2D eigenvalue weighted by Gasteiger charge is 2.09. The van der Waals surface area contributed by atoms with Crippen molar-refractivity contribution in [3.63, 3.8) is 0 Å². The van der Waals surface area contributed by atoms with Crippen LogP contribution >= 0.6 is 28.3 Å². The predicted molar refractivity (Wildman–Crippen MR) is 85.3 cm³/mol. The SMILES string of the molecule is CNC(C)Cc1noc(CCc2ccc(Br)cc2)n1.Cl. The monoisotopic (exact) mass is 359 g/mol. The van der Waals surface area contributed by atoms with E-state index < -0.39 is 0 Å². The Hall–Kier alpha value is -0.910. The van der Waals surface area contributed by atoms with Crippen molar-refractivity contribution in [3.05, 3.63) is 46.0 Å². The molecule has 0 spiro atoms. The standard InChI is InChI=1S/C14H18BrN3O.ClH/c1-10(16-2)9-13-17-14(19-18-13)8-5-11-3-6-12(15)7-4-11;/h3-4,6-7,10,16H,5,8-9H2,1-2H3;1H. The zero-order valence-electron chi connectivity index (χ0n) is 11.6. The van der Waals surface area contributed by atoms with Gasteiger partial charge in [-0.2, -0.15) is 4.98 Å². The fourth-order valence-electron chi connectivity index (χ4n) is 1.75. The largest absolute Gasteiger partial charge is 0.339 e. The molecule has 1 N–H and O–H groups in total. The highest BCUT2D eigenvalue weighted by Crippen LogP contribution is 2.12. The second-order valence-corrected chi connectivity index (χ2v) is 5.54. The van der Waals surface area contributed by atoms with Gasteiger partial charge in [-0.05, 0) is 38.1 Å². The Kier molecular flexibility index (Phi) is 7.19. The Bertz CT molecular complexity index is 515. The molecule has 1 unspecified atom stereocenters. The average Bonchev–Trinajstić information content (AvgIpc) is 2.85. The van der Waals surface area contributed by atoms with E-state index in [1.165, 1.54) is 5.56 Å². The minimum Gasteiger partial charge on any atom is -0.339 e. The number of rotatable bonds is 6. The van der Waals surface area contributed by atoms with E-state index in [9.17, 15) is 0 Å². The van der Waals surface area contributed by atoms with E-state index in [4.69, 9.17) is 4.52 Å². The van der Waals surface area contributed by atoms with Crippen LogP contribution in [0.5, 0.6) is 0 Å². The van der Waals surface area contributed by atoms with Crippen LogP contribution < -0.4 is 5.32 Å². The summed E-state index contributed by atoms with van der Waals surface area (Å²) < 4.78 is 6.35. The van der Waals surface area contributed by atoms with Crippen LogP contribution in [0.4, 0.5) is 0 Å². The maximum atomic E-state index is 5.26. The molecule has 0 aliphatic carbocycles. The molecule has 0 amide bonds. The summed E-state index contributed by atoms with van der Waals surface area (Å²) in [5.74, 6) is 1.48. The van der Waals surface area contributed by atoms with Crippen LogP contribution in [0, 0.1) is 0 Å². The van der Waals surface area contributed by atoms with Crippen LogP contribution in [0.1, 0.15) is 24.2 Å². The van der Waals surface area contributed by atoms with Gasteiger partial charge in [-0.1, -0.05) is 33.2 Å².